The van der Waals surface area contributed by atoms with Gasteiger partial charge in [0.25, 0.3) is 0 Å². The van der Waals surface area contributed by atoms with Crippen molar-refractivity contribution in [3.8, 4) is 0 Å². The maximum absolute atomic E-state index is 4.78. The second-order valence-corrected chi connectivity index (χ2v) is 10.9. The minimum Gasteiger partial charge on any atom is -1.00 e. The van der Waals surface area contributed by atoms with Crippen LogP contribution in [0.15, 0.2) is 102 Å². The van der Waals surface area contributed by atoms with Crippen LogP contribution in [0.2, 0.25) is 0 Å². The highest BCUT2D eigenvalue weighted by molar-refractivity contribution is 9.10. The molecule has 0 aliphatic rings. The molecule has 4 rings (SSSR count). The third kappa shape index (κ3) is 4.75. The normalized spacial score (nSPS) is 10.7. The van der Waals surface area contributed by atoms with Gasteiger partial charge in [-0.2, -0.15) is 0 Å². The fourth-order valence-electron chi connectivity index (χ4n) is 3.59. The minimum atomic E-state index is -1.89. The topological polar surface area (TPSA) is 17.8 Å². The van der Waals surface area contributed by atoms with E-state index >= 15 is 0 Å². The summed E-state index contributed by atoms with van der Waals surface area (Å²) in [5.41, 5.74) is 0. The average molecular weight is 508 g/mol. The van der Waals surface area contributed by atoms with E-state index in [1.54, 1.807) is 0 Å². The minimum absolute atomic E-state index is 0. The van der Waals surface area contributed by atoms with Crippen molar-refractivity contribution in [1.29, 1.82) is 0 Å². The molecule has 0 amide bonds. The molecule has 0 bridgehead atoms. The van der Waals surface area contributed by atoms with Crippen LogP contribution < -0.4 is 28.3 Å². The van der Waals surface area contributed by atoms with Crippen LogP contribution in [0.25, 0.3) is 0 Å². The van der Waals surface area contributed by atoms with Crippen LogP contribution in [0.3, 0.4) is 0 Å². The standard InChI is InChI=1S/C23H21BrN2P.2ClH/c1-26-17-22(24)25-23(26)18-27(19-11-5-2-6-12-19,20-13-7-3-8-14-20)21-15-9-4-10-16-21;;/h2-17H,18H2,1H3;2*1H/q+1;;/p-1. The monoisotopic (exact) mass is 506 g/mol. The van der Waals surface area contributed by atoms with Crippen LogP contribution in [-0.4, -0.2) is 9.55 Å². The first-order valence-electron chi connectivity index (χ1n) is 8.93. The lowest BCUT2D eigenvalue weighted by Crippen LogP contribution is -3.00. The molecule has 1 aromatic heterocycles. The van der Waals surface area contributed by atoms with Crippen molar-refractivity contribution in [3.63, 3.8) is 0 Å². The second kappa shape index (κ2) is 10.4. The summed E-state index contributed by atoms with van der Waals surface area (Å²) in [6.45, 7) is 0. The summed E-state index contributed by atoms with van der Waals surface area (Å²) in [7, 11) is 0.179. The van der Waals surface area contributed by atoms with Gasteiger partial charge in [-0.15, -0.1) is 12.4 Å². The van der Waals surface area contributed by atoms with E-state index in [2.05, 4.69) is 119 Å². The number of imidazole rings is 1. The van der Waals surface area contributed by atoms with E-state index in [1.165, 1.54) is 15.9 Å². The number of aromatic nitrogens is 2. The SMILES string of the molecule is Cl.Cn1cc(Br)nc1C[P+](c1ccccc1)(c1ccccc1)c1ccccc1.[Cl-]. The van der Waals surface area contributed by atoms with Gasteiger partial charge in [-0.05, 0) is 52.3 Å². The van der Waals surface area contributed by atoms with Crippen LogP contribution in [0, 0.1) is 0 Å². The molecule has 0 aliphatic heterocycles. The molecule has 1 heterocycles. The first-order valence-corrected chi connectivity index (χ1v) is 11.7. The van der Waals surface area contributed by atoms with E-state index in [0.717, 1.165) is 16.6 Å². The van der Waals surface area contributed by atoms with Crippen molar-refractivity contribution in [2.75, 3.05) is 0 Å². The fourth-order valence-corrected chi connectivity index (χ4v) is 8.31. The Morgan fingerprint density at radius 2 is 1.14 bits per heavy atom. The number of benzene rings is 3. The molecule has 0 saturated carbocycles. The Morgan fingerprint density at radius 3 is 1.45 bits per heavy atom. The molecule has 3 aromatic carbocycles. The number of hydrogen-bond acceptors (Lipinski definition) is 1. The van der Waals surface area contributed by atoms with Gasteiger partial charge in [0.2, 0.25) is 0 Å². The highest BCUT2D eigenvalue weighted by Gasteiger charge is 2.46. The molecule has 4 aromatic rings. The summed E-state index contributed by atoms with van der Waals surface area (Å²) in [6, 6.07) is 32.7. The smallest absolute Gasteiger partial charge is 0.148 e. The van der Waals surface area contributed by atoms with Gasteiger partial charge in [-0.1, -0.05) is 54.6 Å². The zero-order valence-electron chi connectivity index (χ0n) is 16.0. The van der Waals surface area contributed by atoms with E-state index < -0.39 is 7.26 Å². The summed E-state index contributed by atoms with van der Waals surface area (Å²) in [4.78, 5) is 4.78. The zero-order valence-corrected chi connectivity index (χ0v) is 20.0. The van der Waals surface area contributed by atoms with Crippen molar-refractivity contribution < 1.29 is 12.4 Å². The summed E-state index contributed by atoms with van der Waals surface area (Å²) in [5.74, 6) is 1.09. The Hall–Kier alpha value is -1.64. The fraction of sp³-hybridized carbons (Fsp3) is 0.0870. The molecule has 0 saturated heterocycles. The van der Waals surface area contributed by atoms with E-state index in [1.807, 2.05) is 6.20 Å². The molecule has 0 spiro atoms. The van der Waals surface area contributed by atoms with Gasteiger partial charge in [-0.3, -0.25) is 0 Å². The van der Waals surface area contributed by atoms with E-state index in [4.69, 9.17) is 4.98 Å². The molecule has 0 radical (unpaired) electrons. The molecule has 0 fully saturated rings. The lowest BCUT2D eigenvalue weighted by Gasteiger charge is -2.27. The molecule has 0 N–H and O–H groups in total. The molecule has 150 valence electrons. The van der Waals surface area contributed by atoms with Gasteiger partial charge in [0.05, 0.1) is 0 Å². The highest BCUT2D eigenvalue weighted by atomic mass is 79.9. The number of aryl methyl sites for hydroxylation is 1. The van der Waals surface area contributed by atoms with Gasteiger partial charge >= 0.3 is 0 Å². The van der Waals surface area contributed by atoms with Crippen LogP contribution in [0.4, 0.5) is 0 Å². The Balaban J connectivity index is 0.00000150. The molecule has 6 heteroatoms. The number of halogens is 3. The Morgan fingerprint density at radius 1 is 0.759 bits per heavy atom. The quantitative estimate of drug-likeness (QED) is 0.378. The van der Waals surface area contributed by atoms with Gasteiger partial charge in [-0.25, -0.2) is 4.98 Å². The average Bonchev–Trinajstić information content (AvgIpc) is 3.04. The van der Waals surface area contributed by atoms with Gasteiger partial charge in [0.1, 0.15) is 39.8 Å². The first kappa shape index (κ1) is 23.6. The van der Waals surface area contributed by atoms with Crippen molar-refractivity contribution in [1.82, 2.24) is 9.55 Å². The molecular formula is C23H22BrCl2N2P. The summed E-state index contributed by atoms with van der Waals surface area (Å²) >= 11 is 3.54. The molecule has 0 unspecified atom stereocenters. The largest absolute Gasteiger partial charge is 1.00 e. The highest BCUT2D eigenvalue weighted by Crippen LogP contribution is 2.57. The van der Waals surface area contributed by atoms with Gasteiger partial charge < -0.3 is 17.0 Å². The Labute approximate surface area is 193 Å². The van der Waals surface area contributed by atoms with E-state index in [0.29, 0.717) is 0 Å². The molecule has 2 nitrogen and oxygen atoms in total. The van der Waals surface area contributed by atoms with E-state index in [-0.39, 0.29) is 24.8 Å². The maximum Gasteiger partial charge on any atom is 0.148 e. The van der Waals surface area contributed by atoms with Crippen molar-refractivity contribution >= 4 is 51.5 Å². The third-order valence-electron chi connectivity index (χ3n) is 4.91. The second-order valence-electron chi connectivity index (χ2n) is 6.57. The molecular weight excluding hydrogens is 486 g/mol. The van der Waals surface area contributed by atoms with Crippen LogP contribution >= 0.6 is 35.6 Å². The lowest BCUT2D eigenvalue weighted by atomic mass is 10.4. The summed E-state index contributed by atoms with van der Waals surface area (Å²) in [5, 5.41) is 4.13. The van der Waals surface area contributed by atoms with Crippen molar-refractivity contribution in [2.45, 2.75) is 6.16 Å². The zero-order chi connectivity index (χ0) is 18.7. The van der Waals surface area contributed by atoms with Gasteiger partial charge in [0.15, 0.2) is 0 Å². The van der Waals surface area contributed by atoms with Crippen LogP contribution in [-0.2, 0) is 13.2 Å². The molecule has 0 atom stereocenters. The number of hydrogen-bond donors (Lipinski definition) is 0. The summed E-state index contributed by atoms with van der Waals surface area (Å²) < 4.78 is 3.01. The van der Waals surface area contributed by atoms with Crippen molar-refractivity contribution in [2.24, 2.45) is 7.05 Å². The predicted molar refractivity (Wildman–Crippen MR) is 127 cm³/mol. The Kier molecular flexibility index (Phi) is 8.48. The Bertz CT molecular complexity index is 928. The molecule has 0 aliphatic carbocycles. The number of rotatable bonds is 5. The lowest BCUT2D eigenvalue weighted by molar-refractivity contribution is -0.00000549. The third-order valence-corrected chi connectivity index (χ3v) is 9.59. The van der Waals surface area contributed by atoms with Gasteiger partial charge in [0, 0.05) is 13.2 Å². The van der Waals surface area contributed by atoms with Crippen molar-refractivity contribution in [3.05, 3.63) is 108 Å². The maximum atomic E-state index is 4.78. The first-order chi connectivity index (χ1) is 13.2. The number of nitrogens with zero attached hydrogens (tertiary/aromatic N) is 2. The van der Waals surface area contributed by atoms with Crippen LogP contribution in [0.1, 0.15) is 5.82 Å². The van der Waals surface area contributed by atoms with E-state index in [9.17, 15) is 0 Å². The van der Waals surface area contributed by atoms with Crippen LogP contribution in [0.5, 0.6) is 0 Å². The summed E-state index contributed by atoms with van der Waals surface area (Å²) in [6.07, 6.45) is 2.91. The molecule has 29 heavy (non-hydrogen) atoms. The predicted octanol–water partition coefficient (Wildman–Crippen LogP) is 2.10.